The van der Waals surface area contributed by atoms with Crippen molar-refractivity contribution in [3.05, 3.63) is 35.9 Å². The molecule has 2 radical (unpaired) electrons. The van der Waals surface area contributed by atoms with Crippen LogP contribution in [0, 0.1) is 0 Å². The second-order valence-electron chi connectivity index (χ2n) is 2.25. The van der Waals surface area contributed by atoms with Gasteiger partial charge < -0.3 is 4.74 Å². The number of ether oxygens (including phenoxy) is 1. The summed E-state index contributed by atoms with van der Waals surface area (Å²) in [4.78, 5) is 0. The number of fused-ring (bicyclic) bond motifs is 1. The Morgan fingerprint density at radius 2 is 1.92 bits per heavy atom. The van der Waals surface area contributed by atoms with Crippen LogP contribution in [-0.4, -0.2) is 33.9 Å². The minimum atomic E-state index is 0. The third kappa shape index (κ3) is 2.59. The van der Waals surface area contributed by atoms with E-state index in [1.807, 2.05) is 30.3 Å². The van der Waals surface area contributed by atoms with Gasteiger partial charge in [0.25, 0.3) is 0 Å². The van der Waals surface area contributed by atoms with E-state index < -0.39 is 0 Å². The zero-order valence-electron chi connectivity index (χ0n) is 6.60. The molecule has 0 aliphatic carbocycles. The van der Waals surface area contributed by atoms with Gasteiger partial charge in [0.15, 0.2) is 0 Å². The molecule has 1 aliphatic heterocycles. The second-order valence-corrected chi connectivity index (χ2v) is 2.25. The molecule has 2 rings (SSSR count). The van der Waals surface area contributed by atoms with Crippen LogP contribution < -0.4 is 4.74 Å². The summed E-state index contributed by atoms with van der Waals surface area (Å²) in [6.07, 6.45) is 4.10. The molecule has 0 amide bonds. The van der Waals surface area contributed by atoms with Crippen molar-refractivity contribution in [1.82, 2.24) is 0 Å². The first-order valence-electron chi connectivity index (χ1n) is 3.35. The topological polar surface area (TPSA) is 9.23 Å². The summed E-state index contributed by atoms with van der Waals surface area (Å²) < 4.78 is 5.34. The maximum atomic E-state index is 5.34. The standard InChI is InChI=1S/C9H8O.Ni.Pb.2H/c1-2-6-9-8(4-1)5-3-7-10-9;;;;/h1-6H,7H2;;;;. The van der Waals surface area contributed by atoms with E-state index in [1.165, 1.54) is 5.56 Å². The number of hydrogen-bond acceptors (Lipinski definition) is 1. The SMILES string of the molecule is C1=Cc2ccccc2OC1.[Ni].[PbH2]. The van der Waals surface area contributed by atoms with Crippen LogP contribution in [0.4, 0.5) is 0 Å². The zero-order chi connectivity index (χ0) is 6.81. The molecule has 0 atom stereocenters. The number of benzene rings is 1. The normalized spacial score (nSPS) is 11.7. The predicted octanol–water partition coefficient (Wildman–Crippen LogP) is 1.17. The van der Waals surface area contributed by atoms with Crippen LogP contribution in [0.15, 0.2) is 30.3 Å². The van der Waals surface area contributed by atoms with Crippen molar-refractivity contribution in [2.24, 2.45) is 0 Å². The third-order valence-electron chi connectivity index (χ3n) is 1.55. The molecule has 0 saturated heterocycles. The Labute approximate surface area is 102 Å². The van der Waals surface area contributed by atoms with Crippen molar-refractivity contribution in [1.29, 1.82) is 0 Å². The molecule has 3 heteroatoms. The molecular formula is C9H10NiOPb. The van der Waals surface area contributed by atoms with Crippen molar-refractivity contribution in [2.75, 3.05) is 6.61 Å². The molecule has 1 aromatic carbocycles. The fourth-order valence-corrected chi connectivity index (χ4v) is 1.06. The first-order chi connectivity index (χ1) is 4.97. The van der Waals surface area contributed by atoms with Crippen LogP contribution in [0.5, 0.6) is 5.75 Å². The van der Waals surface area contributed by atoms with Crippen LogP contribution in [0.3, 0.4) is 0 Å². The Bertz CT molecular complexity index is 273. The van der Waals surface area contributed by atoms with Crippen LogP contribution >= 0.6 is 0 Å². The average Bonchev–Trinajstić information content (AvgIpc) is 2.05. The van der Waals surface area contributed by atoms with Gasteiger partial charge in [-0.05, 0) is 12.1 Å². The van der Waals surface area contributed by atoms with E-state index in [-0.39, 0.29) is 43.8 Å². The first-order valence-corrected chi connectivity index (χ1v) is 3.35. The summed E-state index contributed by atoms with van der Waals surface area (Å²) in [5.41, 5.74) is 1.17. The van der Waals surface area contributed by atoms with Gasteiger partial charge in [0, 0.05) is 22.1 Å². The molecule has 0 fully saturated rings. The third-order valence-corrected chi connectivity index (χ3v) is 1.55. The molecule has 0 bridgehead atoms. The molecule has 0 saturated carbocycles. The summed E-state index contributed by atoms with van der Waals surface area (Å²) in [5, 5.41) is 0. The van der Waals surface area contributed by atoms with Crippen LogP contribution in [-0.2, 0) is 16.5 Å². The Morgan fingerprint density at radius 3 is 2.67 bits per heavy atom. The van der Waals surface area contributed by atoms with Crippen molar-refractivity contribution >= 4 is 33.4 Å². The van der Waals surface area contributed by atoms with Gasteiger partial charge in [0.1, 0.15) is 12.4 Å². The summed E-state index contributed by atoms with van der Waals surface area (Å²) in [7, 11) is 0. The van der Waals surface area contributed by atoms with Gasteiger partial charge in [0.05, 0.1) is 0 Å². The molecule has 1 heterocycles. The van der Waals surface area contributed by atoms with E-state index in [0.717, 1.165) is 5.75 Å². The molecule has 66 valence electrons. The van der Waals surface area contributed by atoms with Gasteiger partial charge >= 0.3 is 27.3 Å². The Kier molecular flexibility index (Phi) is 5.84. The zero-order valence-corrected chi connectivity index (χ0v) is 13.1. The molecule has 0 N–H and O–H groups in total. The summed E-state index contributed by atoms with van der Waals surface area (Å²) in [6.45, 7) is 0.705. The molecule has 12 heavy (non-hydrogen) atoms. The molecule has 0 unspecified atom stereocenters. The summed E-state index contributed by atoms with van der Waals surface area (Å²) in [6, 6.07) is 8.03. The van der Waals surface area contributed by atoms with Gasteiger partial charge in [-0.3, -0.25) is 0 Å². The quantitative estimate of drug-likeness (QED) is 0.595. The van der Waals surface area contributed by atoms with Crippen LogP contribution in [0.1, 0.15) is 5.56 Å². The van der Waals surface area contributed by atoms with E-state index in [4.69, 9.17) is 4.74 Å². The van der Waals surface area contributed by atoms with E-state index in [0.29, 0.717) is 6.61 Å². The van der Waals surface area contributed by atoms with Gasteiger partial charge in [0.2, 0.25) is 0 Å². The molecule has 0 spiro atoms. The predicted molar refractivity (Wildman–Crippen MR) is 49.5 cm³/mol. The molecule has 0 aromatic heterocycles. The number of hydrogen-bond donors (Lipinski definition) is 0. The monoisotopic (exact) mass is 400 g/mol. The summed E-state index contributed by atoms with van der Waals surface area (Å²) >= 11 is 0. The van der Waals surface area contributed by atoms with Crippen molar-refractivity contribution < 1.29 is 21.2 Å². The Hall–Kier alpha value is 0.176. The van der Waals surface area contributed by atoms with Crippen molar-refractivity contribution in [3.63, 3.8) is 0 Å². The van der Waals surface area contributed by atoms with E-state index in [2.05, 4.69) is 6.08 Å². The van der Waals surface area contributed by atoms with Gasteiger partial charge in [-0.2, -0.15) is 0 Å². The minimum absolute atomic E-state index is 0. The average molecular weight is 400 g/mol. The Balaban J connectivity index is 0.000000605. The van der Waals surface area contributed by atoms with Crippen LogP contribution in [0.2, 0.25) is 0 Å². The van der Waals surface area contributed by atoms with E-state index in [9.17, 15) is 0 Å². The van der Waals surface area contributed by atoms with E-state index >= 15 is 0 Å². The van der Waals surface area contributed by atoms with Gasteiger partial charge in [-0.25, -0.2) is 0 Å². The van der Waals surface area contributed by atoms with Gasteiger partial charge in [-0.15, -0.1) is 0 Å². The van der Waals surface area contributed by atoms with Gasteiger partial charge in [-0.1, -0.05) is 24.3 Å². The fraction of sp³-hybridized carbons (Fsp3) is 0.111. The molecule has 1 nitrogen and oxygen atoms in total. The van der Waals surface area contributed by atoms with Crippen molar-refractivity contribution in [3.8, 4) is 5.75 Å². The molecular weight excluding hydrogens is 390 g/mol. The fourth-order valence-electron chi connectivity index (χ4n) is 1.06. The van der Waals surface area contributed by atoms with Crippen LogP contribution in [0.25, 0.3) is 6.08 Å². The van der Waals surface area contributed by atoms with Crippen molar-refractivity contribution in [2.45, 2.75) is 0 Å². The number of rotatable bonds is 0. The first kappa shape index (κ1) is 12.2. The molecule has 1 aliphatic rings. The van der Waals surface area contributed by atoms with E-state index in [1.54, 1.807) is 0 Å². The maximum absolute atomic E-state index is 5.34. The summed E-state index contributed by atoms with van der Waals surface area (Å²) in [5.74, 6) is 0.991. The second kappa shape index (κ2) is 5.76. The Morgan fingerprint density at radius 1 is 1.17 bits per heavy atom. The molecule has 1 aromatic rings. The number of para-hydroxylation sites is 1.